The van der Waals surface area contributed by atoms with E-state index in [0.29, 0.717) is 18.2 Å². The first-order chi connectivity index (χ1) is 14.0. The molecule has 0 spiro atoms. The second-order valence-electron chi connectivity index (χ2n) is 7.85. The third-order valence-corrected chi connectivity index (χ3v) is 5.68. The van der Waals surface area contributed by atoms with E-state index >= 15 is 0 Å². The Bertz CT molecular complexity index is 812. The summed E-state index contributed by atoms with van der Waals surface area (Å²) in [6.45, 7) is 4.33. The number of alkyl halides is 3. The van der Waals surface area contributed by atoms with Crippen LogP contribution in [0.25, 0.3) is 0 Å². The number of anilines is 2. The first kappa shape index (κ1) is 19.9. The molecule has 156 valence electrons. The molecule has 2 aliphatic rings. The maximum absolute atomic E-state index is 12.9. The minimum Gasteiger partial charge on any atom is -0.367 e. The van der Waals surface area contributed by atoms with Crippen molar-refractivity contribution in [3.63, 3.8) is 0 Å². The molecule has 2 aliphatic heterocycles. The van der Waals surface area contributed by atoms with Crippen molar-refractivity contribution in [1.29, 1.82) is 0 Å². The minimum absolute atomic E-state index is 0.314. The van der Waals surface area contributed by atoms with Crippen LogP contribution in [0.5, 0.6) is 0 Å². The monoisotopic (exact) mass is 405 g/mol. The third-order valence-electron chi connectivity index (χ3n) is 5.68. The number of nitrogens with zero attached hydrogens (tertiary/aromatic N) is 4. The fourth-order valence-electron chi connectivity index (χ4n) is 4.09. The number of likely N-dealkylation sites (tertiary alicyclic amines) is 1. The molecule has 0 amide bonds. The summed E-state index contributed by atoms with van der Waals surface area (Å²) in [4.78, 5) is 13.2. The summed E-state index contributed by atoms with van der Waals surface area (Å²) in [7, 11) is 0. The average molecular weight is 405 g/mol. The van der Waals surface area contributed by atoms with Gasteiger partial charge in [0.25, 0.3) is 0 Å². The van der Waals surface area contributed by atoms with E-state index in [1.165, 1.54) is 25.0 Å². The Labute approximate surface area is 168 Å². The molecule has 8 heteroatoms. The van der Waals surface area contributed by atoms with Crippen molar-refractivity contribution in [3.8, 4) is 0 Å². The SMILES string of the molecule is FC(F)(F)c1cccc(CN2CCC(Nc3cc(N4CCCC4)ncn3)CC2)c1. The zero-order chi connectivity index (χ0) is 20.3. The topological polar surface area (TPSA) is 44.3 Å². The number of benzene rings is 1. The normalized spacial score (nSPS) is 18.9. The molecule has 4 rings (SSSR count). The van der Waals surface area contributed by atoms with Gasteiger partial charge in [-0.2, -0.15) is 13.2 Å². The van der Waals surface area contributed by atoms with Gasteiger partial charge in [-0.05, 0) is 37.3 Å². The van der Waals surface area contributed by atoms with Crippen molar-refractivity contribution >= 4 is 11.6 Å². The first-order valence-corrected chi connectivity index (χ1v) is 10.2. The van der Waals surface area contributed by atoms with Crippen LogP contribution in [0.1, 0.15) is 36.8 Å². The fraction of sp³-hybridized carbons (Fsp3) is 0.524. The van der Waals surface area contributed by atoms with Crippen LogP contribution in [0.2, 0.25) is 0 Å². The zero-order valence-electron chi connectivity index (χ0n) is 16.3. The number of halogens is 3. The number of hydrogen-bond donors (Lipinski definition) is 1. The lowest BCUT2D eigenvalue weighted by molar-refractivity contribution is -0.137. The van der Waals surface area contributed by atoms with Crippen molar-refractivity contribution in [2.24, 2.45) is 0 Å². The van der Waals surface area contributed by atoms with Gasteiger partial charge in [0.15, 0.2) is 0 Å². The van der Waals surface area contributed by atoms with Crippen molar-refractivity contribution < 1.29 is 13.2 Å². The van der Waals surface area contributed by atoms with Gasteiger partial charge in [0.2, 0.25) is 0 Å². The fourth-order valence-corrected chi connectivity index (χ4v) is 4.09. The molecule has 29 heavy (non-hydrogen) atoms. The van der Waals surface area contributed by atoms with E-state index < -0.39 is 11.7 Å². The van der Waals surface area contributed by atoms with Gasteiger partial charge in [-0.15, -0.1) is 0 Å². The van der Waals surface area contributed by atoms with Crippen LogP contribution in [-0.2, 0) is 12.7 Å². The molecule has 1 aromatic carbocycles. The smallest absolute Gasteiger partial charge is 0.367 e. The summed E-state index contributed by atoms with van der Waals surface area (Å²) >= 11 is 0. The van der Waals surface area contributed by atoms with Crippen molar-refractivity contribution in [1.82, 2.24) is 14.9 Å². The highest BCUT2D eigenvalue weighted by Crippen LogP contribution is 2.30. The van der Waals surface area contributed by atoms with Gasteiger partial charge >= 0.3 is 6.18 Å². The highest BCUT2D eigenvalue weighted by atomic mass is 19.4. The molecule has 0 atom stereocenters. The summed E-state index contributed by atoms with van der Waals surface area (Å²) in [5.74, 6) is 1.82. The molecule has 0 unspecified atom stereocenters. The van der Waals surface area contributed by atoms with E-state index in [4.69, 9.17) is 0 Å². The molecule has 2 saturated heterocycles. The Morgan fingerprint density at radius 3 is 2.48 bits per heavy atom. The molecule has 3 heterocycles. The van der Waals surface area contributed by atoms with Crippen LogP contribution in [-0.4, -0.2) is 47.1 Å². The second-order valence-corrected chi connectivity index (χ2v) is 7.85. The number of aromatic nitrogens is 2. The van der Waals surface area contributed by atoms with Crippen LogP contribution < -0.4 is 10.2 Å². The van der Waals surface area contributed by atoms with E-state index in [0.717, 1.165) is 56.7 Å². The van der Waals surface area contributed by atoms with E-state index in [-0.39, 0.29) is 0 Å². The lowest BCUT2D eigenvalue weighted by Crippen LogP contribution is -2.38. The molecular formula is C21H26F3N5. The number of hydrogen-bond acceptors (Lipinski definition) is 5. The number of nitrogens with one attached hydrogen (secondary N) is 1. The largest absolute Gasteiger partial charge is 0.416 e. The Kier molecular flexibility index (Phi) is 5.89. The maximum Gasteiger partial charge on any atom is 0.416 e. The Morgan fingerprint density at radius 2 is 1.76 bits per heavy atom. The van der Waals surface area contributed by atoms with Crippen LogP contribution in [0.4, 0.5) is 24.8 Å². The van der Waals surface area contributed by atoms with Gasteiger partial charge < -0.3 is 10.2 Å². The van der Waals surface area contributed by atoms with Gasteiger partial charge in [-0.1, -0.05) is 18.2 Å². The predicted molar refractivity (Wildman–Crippen MR) is 107 cm³/mol. The predicted octanol–water partition coefficient (Wildman–Crippen LogP) is 4.17. The molecule has 1 N–H and O–H groups in total. The molecule has 1 aromatic heterocycles. The lowest BCUT2D eigenvalue weighted by atomic mass is 10.0. The molecule has 0 bridgehead atoms. The summed E-state index contributed by atoms with van der Waals surface area (Å²) in [6, 6.07) is 7.96. The molecule has 0 aliphatic carbocycles. The molecule has 5 nitrogen and oxygen atoms in total. The van der Waals surface area contributed by atoms with Crippen LogP contribution in [0, 0.1) is 0 Å². The van der Waals surface area contributed by atoms with Crippen molar-refractivity contribution in [2.75, 3.05) is 36.4 Å². The number of piperidine rings is 1. The van der Waals surface area contributed by atoms with Crippen LogP contribution >= 0.6 is 0 Å². The van der Waals surface area contributed by atoms with Gasteiger partial charge in [-0.3, -0.25) is 4.90 Å². The van der Waals surface area contributed by atoms with Gasteiger partial charge in [0.05, 0.1) is 5.56 Å². The van der Waals surface area contributed by atoms with E-state index in [9.17, 15) is 13.2 Å². The Balaban J connectivity index is 1.29. The van der Waals surface area contributed by atoms with Gasteiger partial charge in [-0.25, -0.2) is 9.97 Å². The van der Waals surface area contributed by atoms with Gasteiger partial charge in [0, 0.05) is 44.8 Å². The Hall–Kier alpha value is -2.35. The molecule has 0 saturated carbocycles. The quantitative estimate of drug-likeness (QED) is 0.809. The second kappa shape index (κ2) is 8.57. The summed E-state index contributed by atoms with van der Waals surface area (Å²) in [6.07, 6.45) is 1.59. The Morgan fingerprint density at radius 1 is 1.00 bits per heavy atom. The molecular weight excluding hydrogens is 379 g/mol. The lowest BCUT2D eigenvalue weighted by Gasteiger charge is -2.32. The molecule has 2 fully saturated rings. The highest BCUT2D eigenvalue weighted by Gasteiger charge is 2.30. The van der Waals surface area contributed by atoms with Crippen LogP contribution in [0.3, 0.4) is 0 Å². The number of rotatable bonds is 5. The van der Waals surface area contributed by atoms with E-state index in [1.54, 1.807) is 12.4 Å². The van der Waals surface area contributed by atoms with Gasteiger partial charge in [0.1, 0.15) is 18.0 Å². The third kappa shape index (κ3) is 5.18. The first-order valence-electron chi connectivity index (χ1n) is 10.2. The van der Waals surface area contributed by atoms with Crippen LogP contribution in [0.15, 0.2) is 36.7 Å². The van der Waals surface area contributed by atoms with Crippen molar-refractivity contribution in [2.45, 2.75) is 44.4 Å². The van der Waals surface area contributed by atoms with E-state index in [1.807, 2.05) is 6.07 Å². The standard InChI is InChI=1S/C21H26F3N5/c22-21(23,24)17-5-3-4-16(12-17)14-28-10-6-18(7-11-28)27-19-13-20(26-15-25-19)29-8-1-2-9-29/h3-5,12-13,15,18H,1-2,6-11,14H2,(H,25,26,27). The van der Waals surface area contributed by atoms with Crippen molar-refractivity contribution in [3.05, 3.63) is 47.8 Å². The van der Waals surface area contributed by atoms with E-state index in [2.05, 4.69) is 25.1 Å². The summed E-state index contributed by atoms with van der Waals surface area (Å²) in [5, 5.41) is 3.50. The average Bonchev–Trinajstić information content (AvgIpc) is 3.24. The zero-order valence-corrected chi connectivity index (χ0v) is 16.3. The summed E-state index contributed by atoms with van der Waals surface area (Å²) < 4.78 is 38.7. The molecule has 0 radical (unpaired) electrons. The molecule has 2 aromatic rings. The maximum atomic E-state index is 12.9. The summed E-state index contributed by atoms with van der Waals surface area (Å²) in [5.41, 5.74) is 0.126. The highest BCUT2D eigenvalue weighted by molar-refractivity contribution is 5.49. The minimum atomic E-state index is -4.29.